The molecule has 0 aromatic heterocycles. The van der Waals surface area contributed by atoms with Gasteiger partial charge in [0, 0.05) is 18.9 Å². The van der Waals surface area contributed by atoms with Crippen LogP contribution in [0.1, 0.15) is 39.4 Å². The number of hydrogen-bond acceptors (Lipinski definition) is 4. The normalized spacial score (nSPS) is 17.1. The van der Waals surface area contributed by atoms with Gasteiger partial charge in [-0.05, 0) is 64.7 Å². The highest BCUT2D eigenvalue weighted by atomic mass is 35.5. The standard InChI is InChI=1S/C31H30ClNO4.ClH/c32-30-24(6-3-7-28(30)31(34)35)15-17-36-26-12-10-23(11-13-26)27-14-16-33-19-29(27)37-20-21-8-9-22-4-1-2-5-25(22)18-21;/h1-13,18,27,29,33H,14-17,19-20H2,(H,34,35);1H. The number of carbonyl (C=O) groups is 1. The highest BCUT2D eigenvalue weighted by molar-refractivity contribution is 6.34. The number of benzene rings is 4. The largest absolute Gasteiger partial charge is 0.493 e. The fourth-order valence-electron chi connectivity index (χ4n) is 4.95. The second kappa shape index (κ2) is 13.1. The van der Waals surface area contributed by atoms with E-state index in [2.05, 4.69) is 59.9 Å². The van der Waals surface area contributed by atoms with Crippen molar-refractivity contribution >= 4 is 40.7 Å². The lowest BCUT2D eigenvalue weighted by Gasteiger charge is -2.32. The van der Waals surface area contributed by atoms with E-state index in [9.17, 15) is 9.90 Å². The van der Waals surface area contributed by atoms with Crippen molar-refractivity contribution in [1.29, 1.82) is 0 Å². The van der Waals surface area contributed by atoms with Crippen molar-refractivity contribution in [1.82, 2.24) is 5.32 Å². The van der Waals surface area contributed by atoms with Gasteiger partial charge >= 0.3 is 5.97 Å². The van der Waals surface area contributed by atoms with E-state index in [4.69, 9.17) is 21.1 Å². The number of carboxylic acid groups (broad SMARTS) is 1. The molecule has 1 saturated heterocycles. The van der Waals surface area contributed by atoms with Crippen molar-refractivity contribution < 1.29 is 19.4 Å². The van der Waals surface area contributed by atoms with E-state index < -0.39 is 5.97 Å². The van der Waals surface area contributed by atoms with Crippen LogP contribution in [0.25, 0.3) is 10.8 Å². The molecule has 1 aliphatic heterocycles. The number of rotatable bonds is 9. The zero-order valence-electron chi connectivity index (χ0n) is 20.9. The molecule has 0 radical (unpaired) electrons. The van der Waals surface area contributed by atoms with Crippen molar-refractivity contribution in [2.45, 2.75) is 31.5 Å². The number of piperidine rings is 1. The SMILES string of the molecule is Cl.O=C(O)c1cccc(CCOc2ccc(C3CCNCC3OCc3ccc4ccccc4c3)cc2)c1Cl. The third-order valence-electron chi connectivity index (χ3n) is 6.96. The molecule has 2 unspecified atom stereocenters. The minimum atomic E-state index is -1.03. The Morgan fingerprint density at radius 2 is 1.76 bits per heavy atom. The van der Waals surface area contributed by atoms with Crippen LogP contribution in [0, 0.1) is 0 Å². The van der Waals surface area contributed by atoms with Crippen molar-refractivity contribution in [3.05, 3.63) is 112 Å². The van der Waals surface area contributed by atoms with Crippen molar-refractivity contribution in [3.8, 4) is 5.75 Å². The molecule has 0 bridgehead atoms. The summed E-state index contributed by atoms with van der Waals surface area (Å²) in [6.45, 7) is 2.79. The fourth-order valence-corrected chi connectivity index (χ4v) is 5.25. The van der Waals surface area contributed by atoms with Crippen LogP contribution in [-0.4, -0.2) is 36.9 Å². The predicted molar refractivity (Wildman–Crippen MR) is 154 cm³/mol. The summed E-state index contributed by atoms with van der Waals surface area (Å²) in [5.41, 5.74) is 3.30. The Hall–Kier alpha value is -3.09. The lowest BCUT2D eigenvalue weighted by molar-refractivity contribution is 0.0106. The molecule has 0 spiro atoms. The first-order valence-electron chi connectivity index (χ1n) is 12.6. The number of ether oxygens (including phenoxy) is 2. The molecule has 2 N–H and O–H groups in total. The molecule has 0 aliphatic carbocycles. The third-order valence-corrected chi connectivity index (χ3v) is 7.41. The average molecular weight is 552 g/mol. The number of halogens is 2. The van der Waals surface area contributed by atoms with Crippen molar-refractivity contribution in [2.75, 3.05) is 19.7 Å². The van der Waals surface area contributed by atoms with E-state index in [1.807, 2.05) is 18.2 Å². The summed E-state index contributed by atoms with van der Waals surface area (Å²) in [4.78, 5) is 11.3. The summed E-state index contributed by atoms with van der Waals surface area (Å²) in [7, 11) is 0. The summed E-state index contributed by atoms with van der Waals surface area (Å²) in [5.74, 6) is 0.0611. The minimum Gasteiger partial charge on any atom is -0.493 e. The molecular formula is C31H31Cl2NO4. The van der Waals surface area contributed by atoms with Crippen molar-refractivity contribution in [2.24, 2.45) is 0 Å². The Balaban J connectivity index is 0.00000336. The highest BCUT2D eigenvalue weighted by Gasteiger charge is 2.27. The number of carboxylic acids is 1. The van der Waals surface area contributed by atoms with Crippen LogP contribution < -0.4 is 10.1 Å². The van der Waals surface area contributed by atoms with Crippen LogP contribution in [0.15, 0.2) is 84.9 Å². The van der Waals surface area contributed by atoms with E-state index in [1.54, 1.807) is 6.07 Å². The monoisotopic (exact) mass is 551 g/mol. The lowest BCUT2D eigenvalue weighted by Crippen LogP contribution is -2.40. The first kappa shape index (κ1) is 27.9. The van der Waals surface area contributed by atoms with Crippen LogP contribution in [0.3, 0.4) is 0 Å². The Bertz CT molecular complexity index is 1380. The van der Waals surface area contributed by atoms with E-state index in [1.165, 1.54) is 28.0 Å². The Morgan fingerprint density at radius 3 is 2.55 bits per heavy atom. The first-order valence-corrected chi connectivity index (χ1v) is 13.0. The molecule has 4 aromatic carbocycles. The topological polar surface area (TPSA) is 67.8 Å². The molecule has 0 amide bonds. The Labute approximate surface area is 234 Å². The average Bonchev–Trinajstić information content (AvgIpc) is 2.93. The Morgan fingerprint density at radius 1 is 0.974 bits per heavy atom. The van der Waals surface area contributed by atoms with Gasteiger partial charge in [-0.25, -0.2) is 4.79 Å². The maximum atomic E-state index is 11.3. The molecule has 2 atom stereocenters. The summed E-state index contributed by atoms with van der Waals surface area (Å²) in [6.07, 6.45) is 1.64. The van der Waals surface area contributed by atoms with Gasteiger partial charge in [0.15, 0.2) is 0 Å². The first-order chi connectivity index (χ1) is 18.1. The molecule has 1 heterocycles. The molecule has 5 rings (SSSR count). The van der Waals surface area contributed by atoms with Gasteiger partial charge < -0.3 is 19.9 Å². The number of aromatic carboxylic acids is 1. The molecule has 38 heavy (non-hydrogen) atoms. The van der Waals surface area contributed by atoms with Gasteiger partial charge in [-0.3, -0.25) is 0 Å². The maximum Gasteiger partial charge on any atom is 0.337 e. The predicted octanol–water partition coefficient (Wildman–Crippen LogP) is 6.90. The van der Waals surface area contributed by atoms with E-state index in [0.717, 1.165) is 30.8 Å². The molecular weight excluding hydrogens is 521 g/mol. The van der Waals surface area contributed by atoms with Crippen molar-refractivity contribution in [3.63, 3.8) is 0 Å². The molecule has 4 aromatic rings. The zero-order valence-corrected chi connectivity index (χ0v) is 22.5. The summed E-state index contributed by atoms with van der Waals surface area (Å²) >= 11 is 6.24. The van der Waals surface area contributed by atoms with Gasteiger partial charge in [0.2, 0.25) is 0 Å². The van der Waals surface area contributed by atoms with Gasteiger partial charge in [-0.2, -0.15) is 0 Å². The van der Waals surface area contributed by atoms with Gasteiger partial charge in [-0.1, -0.05) is 72.3 Å². The second-order valence-corrected chi connectivity index (χ2v) is 9.76. The van der Waals surface area contributed by atoms with Gasteiger partial charge in [0.25, 0.3) is 0 Å². The fraction of sp³-hybridized carbons (Fsp3) is 0.258. The van der Waals surface area contributed by atoms with Crippen LogP contribution in [0.5, 0.6) is 5.75 Å². The van der Waals surface area contributed by atoms with Gasteiger partial charge in [0.1, 0.15) is 5.75 Å². The molecule has 7 heteroatoms. The zero-order chi connectivity index (χ0) is 25.6. The van der Waals surface area contributed by atoms with Crippen LogP contribution >= 0.6 is 24.0 Å². The summed E-state index contributed by atoms with van der Waals surface area (Å²) < 4.78 is 12.3. The highest BCUT2D eigenvalue weighted by Crippen LogP contribution is 2.30. The van der Waals surface area contributed by atoms with E-state index in [-0.39, 0.29) is 29.1 Å². The maximum absolute atomic E-state index is 11.3. The Kier molecular flexibility index (Phi) is 9.64. The number of fused-ring (bicyclic) bond motifs is 1. The molecule has 198 valence electrons. The molecule has 0 saturated carbocycles. The molecule has 1 aliphatic rings. The number of nitrogens with one attached hydrogen (secondary N) is 1. The quantitative estimate of drug-likeness (QED) is 0.237. The molecule has 5 nitrogen and oxygen atoms in total. The smallest absolute Gasteiger partial charge is 0.337 e. The number of hydrogen-bond donors (Lipinski definition) is 2. The van der Waals surface area contributed by atoms with E-state index in [0.29, 0.717) is 25.6 Å². The van der Waals surface area contributed by atoms with Gasteiger partial charge in [-0.15, -0.1) is 12.4 Å². The second-order valence-electron chi connectivity index (χ2n) is 9.38. The van der Waals surface area contributed by atoms with Gasteiger partial charge in [0.05, 0.1) is 29.9 Å². The molecule has 1 fully saturated rings. The minimum absolute atomic E-state index is 0. The van der Waals surface area contributed by atoms with E-state index >= 15 is 0 Å². The van der Waals surface area contributed by atoms with Crippen LogP contribution in [0.2, 0.25) is 5.02 Å². The summed E-state index contributed by atoms with van der Waals surface area (Å²) in [5, 5.41) is 15.5. The third kappa shape index (κ3) is 6.66. The van der Waals surface area contributed by atoms with Crippen LogP contribution in [0.4, 0.5) is 0 Å². The van der Waals surface area contributed by atoms with Crippen LogP contribution in [-0.2, 0) is 17.8 Å². The lowest BCUT2D eigenvalue weighted by atomic mass is 9.87. The summed E-state index contributed by atoms with van der Waals surface area (Å²) in [6, 6.07) is 28.2.